The molecule has 0 unspecified atom stereocenters. The van der Waals surface area contributed by atoms with E-state index in [9.17, 15) is 22.4 Å². The maximum Gasteiger partial charge on any atom is 0.411 e. The topological polar surface area (TPSA) is 58.6 Å². The summed E-state index contributed by atoms with van der Waals surface area (Å²) in [6.07, 6.45) is -1.30. The summed E-state index contributed by atoms with van der Waals surface area (Å²) >= 11 is 0. The molecular formula is C21H13F4NO3. The summed E-state index contributed by atoms with van der Waals surface area (Å²) in [7, 11) is 0. The van der Waals surface area contributed by atoms with Gasteiger partial charge in [-0.25, -0.2) is 13.6 Å². The van der Waals surface area contributed by atoms with Gasteiger partial charge in [-0.3, -0.25) is 5.32 Å². The van der Waals surface area contributed by atoms with Crippen LogP contribution in [0.1, 0.15) is 17.0 Å². The number of halogens is 4. The number of aromatic hydroxyl groups is 1. The van der Waals surface area contributed by atoms with Crippen LogP contribution in [0.3, 0.4) is 0 Å². The summed E-state index contributed by atoms with van der Waals surface area (Å²) in [5.74, 6) is -10.0. The molecule has 3 aromatic rings. The quantitative estimate of drug-likeness (QED) is 0.354. The van der Waals surface area contributed by atoms with Crippen LogP contribution in [0.2, 0.25) is 0 Å². The number of anilines is 1. The molecule has 8 heteroatoms. The fourth-order valence-electron chi connectivity index (χ4n) is 3.47. The Bertz CT molecular complexity index is 1060. The molecule has 148 valence electrons. The fraction of sp³-hybridized carbons (Fsp3) is 0.0952. The van der Waals surface area contributed by atoms with Crippen molar-refractivity contribution in [1.82, 2.24) is 0 Å². The molecule has 0 fully saturated rings. The Kier molecular flexibility index (Phi) is 4.62. The lowest BCUT2D eigenvalue weighted by Gasteiger charge is -2.15. The third kappa shape index (κ3) is 3.06. The molecule has 0 aromatic heterocycles. The van der Waals surface area contributed by atoms with Gasteiger partial charge in [0.15, 0.2) is 17.4 Å². The normalized spacial score (nSPS) is 12.4. The van der Waals surface area contributed by atoms with Crippen molar-refractivity contribution in [1.29, 1.82) is 0 Å². The highest BCUT2D eigenvalue weighted by molar-refractivity contribution is 5.85. The summed E-state index contributed by atoms with van der Waals surface area (Å²) < 4.78 is 59.5. The molecule has 0 heterocycles. The van der Waals surface area contributed by atoms with Gasteiger partial charge in [0.1, 0.15) is 12.3 Å². The summed E-state index contributed by atoms with van der Waals surface area (Å²) in [5, 5.41) is 10.6. The highest BCUT2D eigenvalue weighted by Gasteiger charge is 2.30. The van der Waals surface area contributed by atoms with Crippen LogP contribution in [0.4, 0.5) is 28.0 Å². The minimum absolute atomic E-state index is 0.161. The van der Waals surface area contributed by atoms with Crippen LogP contribution >= 0.6 is 0 Å². The predicted octanol–water partition coefficient (Wildman–Crippen LogP) is 5.31. The van der Waals surface area contributed by atoms with Crippen molar-refractivity contribution in [3.63, 3.8) is 0 Å². The monoisotopic (exact) mass is 403 g/mol. The summed E-state index contributed by atoms with van der Waals surface area (Å²) in [6.45, 7) is -0.161. The number of hydrogen-bond donors (Lipinski definition) is 2. The first kappa shape index (κ1) is 18.8. The van der Waals surface area contributed by atoms with Gasteiger partial charge in [-0.05, 0) is 22.3 Å². The second-order valence-corrected chi connectivity index (χ2v) is 6.43. The molecule has 2 N–H and O–H groups in total. The van der Waals surface area contributed by atoms with E-state index in [4.69, 9.17) is 9.84 Å². The molecule has 0 aliphatic heterocycles. The van der Waals surface area contributed by atoms with E-state index in [1.54, 1.807) is 5.32 Å². The lowest BCUT2D eigenvalue weighted by Crippen LogP contribution is -2.20. The summed E-state index contributed by atoms with van der Waals surface area (Å²) in [6, 6.07) is 15.1. The zero-order valence-corrected chi connectivity index (χ0v) is 14.7. The van der Waals surface area contributed by atoms with Gasteiger partial charge < -0.3 is 9.84 Å². The Morgan fingerprint density at radius 1 is 0.862 bits per heavy atom. The van der Waals surface area contributed by atoms with Crippen LogP contribution in [0.25, 0.3) is 11.1 Å². The SMILES string of the molecule is O=C(Nc1c(F)c(F)c(O)c(F)c1F)OCC1c2ccccc2-c2ccccc21. The molecular weight excluding hydrogens is 390 g/mol. The molecule has 0 saturated carbocycles. The van der Waals surface area contributed by atoms with Crippen molar-refractivity contribution in [3.05, 3.63) is 82.9 Å². The summed E-state index contributed by atoms with van der Waals surface area (Å²) in [5.41, 5.74) is 2.42. The predicted molar refractivity (Wildman–Crippen MR) is 96.6 cm³/mol. The van der Waals surface area contributed by atoms with Crippen molar-refractivity contribution in [2.24, 2.45) is 0 Å². The first-order valence-electron chi connectivity index (χ1n) is 8.57. The zero-order chi connectivity index (χ0) is 20.7. The number of phenolic OH excluding ortho intramolecular Hbond substituents is 1. The van der Waals surface area contributed by atoms with Gasteiger partial charge in [-0.2, -0.15) is 8.78 Å². The van der Waals surface area contributed by atoms with Crippen molar-refractivity contribution in [2.45, 2.75) is 5.92 Å². The number of ether oxygens (including phenoxy) is 1. The molecule has 0 atom stereocenters. The van der Waals surface area contributed by atoms with Crippen LogP contribution < -0.4 is 5.32 Å². The molecule has 1 aliphatic rings. The smallest absolute Gasteiger partial charge is 0.411 e. The molecule has 0 spiro atoms. The van der Waals surface area contributed by atoms with Gasteiger partial charge >= 0.3 is 6.09 Å². The molecule has 4 nitrogen and oxygen atoms in total. The maximum atomic E-state index is 13.8. The van der Waals surface area contributed by atoms with E-state index in [1.165, 1.54) is 0 Å². The van der Waals surface area contributed by atoms with Gasteiger partial charge in [-0.15, -0.1) is 0 Å². The van der Waals surface area contributed by atoms with Crippen molar-refractivity contribution < 1.29 is 32.2 Å². The van der Waals surface area contributed by atoms with Crippen LogP contribution in [-0.2, 0) is 4.74 Å². The third-order valence-electron chi connectivity index (χ3n) is 4.81. The number of benzene rings is 3. The van der Waals surface area contributed by atoms with Crippen molar-refractivity contribution >= 4 is 11.8 Å². The minimum atomic E-state index is -2.02. The van der Waals surface area contributed by atoms with E-state index in [-0.39, 0.29) is 12.5 Å². The second kappa shape index (κ2) is 7.12. The van der Waals surface area contributed by atoms with Crippen LogP contribution in [0.5, 0.6) is 5.75 Å². The van der Waals surface area contributed by atoms with Crippen molar-refractivity contribution in [3.8, 4) is 16.9 Å². The first-order chi connectivity index (χ1) is 13.9. The van der Waals surface area contributed by atoms with Gasteiger partial charge in [0, 0.05) is 5.92 Å². The second-order valence-electron chi connectivity index (χ2n) is 6.43. The average molecular weight is 403 g/mol. The standard InChI is InChI=1S/C21H13F4NO3/c22-15-17(24)20(27)18(25)16(23)19(15)26-21(28)29-9-14-12-7-3-1-5-10(12)11-6-2-4-8-13(11)14/h1-8,14,27H,9H2,(H,26,28). The van der Waals surface area contributed by atoms with E-state index in [0.29, 0.717) is 0 Å². The Balaban J connectivity index is 1.55. The number of fused-ring (bicyclic) bond motifs is 3. The van der Waals surface area contributed by atoms with Gasteiger partial charge in [0.25, 0.3) is 0 Å². The number of hydrogen-bond acceptors (Lipinski definition) is 3. The first-order valence-corrected chi connectivity index (χ1v) is 8.57. The summed E-state index contributed by atoms with van der Waals surface area (Å²) in [4.78, 5) is 12.0. The number of carbonyl (C=O) groups is 1. The number of amides is 1. The Morgan fingerprint density at radius 2 is 1.34 bits per heavy atom. The molecule has 29 heavy (non-hydrogen) atoms. The van der Waals surface area contributed by atoms with Gasteiger partial charge in [0.2, 0.25) is 11.6 Å². The van der Waals surface area contributed by atoms with Crippen molar-refractivity contribution in [2.75, 3.05) is 11.9 Å². The Labute approximate surface area is 162 Å². The van der Waals surface area contributed by atoms with E-state index in [0.717, 1.165) is 22.3 Å². The molecule has 1 aliphatic carbocycles. The van der Waals surface area contributed by atoms with E-state index in [2.05, 4.69) is 0 Å². The largest absolute Gasteiger partial charge is 0.503 e. The molecule has 1 amide bonds. The third-order valence-corrected chi connectivity index (χ3v) is 4.81. The number of phenols is 1. The Hall–Kier alpha value is -3.55. The molecule has 0 saturated heterocycles. The van der Waals surface area contributed by atoms with E-state index in [1.807, 2.05) is 48.5 Å². The lowest BCUT2D eigenvalue weighted by atomic mass is 9.98. The van der Waals surface area contributed by atoms with E-state index >= 15 is 0 Å². The lowest BCUT2D eigenvalue weighted by molar-refractivity contribution is 0.158. The Morgan fingerprint density at radius 3 is 1.86 bits per heavy atom. The van der Waals surface area contributed by atoms with Crippen LogP contribution in [0, 0.1) is 23.3 Å². The van der Waals surface area contributed by atoms with E-state index < -0.39 is 40.8 Å². The molecule has 3 aromatic carbocycles. The highest BCUT2D eigenvalue weighted by Crippen LogP contribution is 2.44. The highest BCUT2D eigenvalue weighted by atomic mass is 19.2. The molecule has 4 rings (SSSR count). The maximum absolute atomic E-state index is 13.8. The zero-order valence-electron chi connectivity index (χ0n) is 14.7. The van der Waals surface area contributed by atoms with Gasteiger partial charge in [-0.1, -0.05) is 48.5 Å². The molecule has 0 bridgehead atoms. The number of rotatable bonds is 3. The van der Waals surface area contributed by atoms with Crippen LogP contribution in [0.15, 0.2) is 48.5 Å². The average Bonchev–Trinajstić information content (AvgIpc) is 3.06. The minimum Gasteiger partial charge on any atom is -0.503 e. The van der Waals surface area contributed by atoms with Gasteiger partial charge in [0.05, 0.1) is 0 Å². The van der Waals surface area contributed by atoms with Crippen LogP contribution in [-0.4, -0.2) is 17.8 Å². The number of carbonyl (C=O) groups excluding carboxylic acids is 1. The fourth-order valence-corrected chi connectivity index (χ4v) is 3.47. The molecule has 0 radical (unpaired) electrons. The number of nitrogens with one attached hydrogen (secondary N) is 1.